The largest absolute Gasteiger partial charge is 0.519 e. The summed E-state index contributed by atoms with van der Waals surface area (Å²) in [6.07, 6.45) is 4.52. The van der Waals surface area contributed by atoms with E-state index in [0.29, 0.717) is 67.3 Å². The van der Waals surface area contributed by atoms with Crippen LogP contribution in [0.3, 0.4) is 0 Å². The Morgan fingerprint density at radius 1 is 0.485 bits per heavy atom. The van der Waals surface area contributed by atoms with Crippen LogP contribution in [0.2, 0.25) is 0 Å². The zero-order chi connectivity index (χ0) is 97.9. The molecule has 2 fully saturated rings. The Bertz CT molecular complexity index is 6780. The number of amides is 1. The van der Waals surface area contributed by atoms with Gasteiger partial charge in [0.1, 0.15) is 70.3 Å². The minimum Gasteiger partial charge on any atom is -0.492 e. The Morgan fingerprint density at radius 2 is 0.836 bits per heavy atom. The zero-order valence-electron chi connectivity index (χ0n) is 72.0. The van der Waals surface area contributed by atoms with Crippen LogP contribution in [0.4, 0.5) is 51.6 Å². The monoisotopic (exact) mass is 1850 g/mol. The van der Waals surface area contributed by atoms with E-state index in [9.17, 15) is 122 Å². The maximum absolute atomic E-state index is 15.2. The number of fused-ring (bicyclic) bond motifs is 5. The number of rotatable bonds is 21. The zero-order valence-corrected chi connectivity index (χ0v) is 72.0. The van der Waals surface area contributed by atoms with E-state index < -0.39 is 110 Å². The molecule has 694 valence electrons. The summed E-state index contributed by atoms with van der Waals surface area (Å²) in [6, 6.07) is 19.8. The van der Waals surface area contributed by atoms with Gasteiger partial charge in [-0.25, -0.2) is 32.8 Å². The van der Waals surface area contributed by atoms with Gasteiger partial charge < -0.3 is 86.6 Å². The number of anilines is 2. The number of aldehydes is 3. The summed E-state index contributed by atoms with van der Waals surface area (Å²) in [5.41, 5.74) is 0.274. The van der Waals surface area contributed by atoms with Crippen molar-refractivity contribution in [3.8, 4) is 17.2 Å². The first-order valence-electron chi connectivity index (χ1n) is 40.1. The smallest absolute Gasteiger partial charge is 0.492 e. The number of ether oxygens (including phenoxy) is 6. The van der Waals surface area contributed by atoms with Crippen molar-refractivity contribution in [1.29, 1.82) is 0 Å². The fourth-order valence-electron chi connectivity index (χ4n) is 15.1. The lowest BCUT2D eigenvalue weighted by atomic mass is 9.93. The SMILES string of the molecule is CC1=CC(=O)c2c(c(C=O)c(CO)n2C)C1=O.CC1=CC(=O)c2c(c(C=O)c(COC(=O)Oc3ccc([N+](=O)[O-])cc3)n2C)C1=O.CCn1cc(C(=O)O)c(=O)c2cc(F)c(N3CCN(C(=O)OCc4c(C=O)c5c(n4C)C(=O)C=C(OC)C5=O)CC3)cc21.CCn1cc(C(=O)O)c(=O)c2cc(F)c(N3CCNCC3)cc21.O=C(Oc1ccc([N+](=O)[O-])cc1)Oc1ccc([N+](=O)[O-])cc1. The van der Waals surface area contributed by atoms with Crippen LogP contribution in [-0.4, -0.2) is 201 Å². The first kappa shape index (κ1) is 97.4. The molecule has 134 heavy (non-hydrogen) atoms. The van der Waals surface area contributed by atoms with Gasteiger partial charge in [0.25, 0.3) is 17.1 Å². The molecule has 0 unspecified atom stereocenters. The molecule has 15 rings (SSSR count). The highest BCUT2D eigenvalue weighted by Gasteiger charge is 2.39. The number of carboxylic acid groups (broad SMARTS) is 2. The summed E-state index contributed by atoms with van der Waals surface area (Å²) in [4.78, 5) is 227. The summed E-state index contributed by atoms with van der Waals surface area (Å²) < 4.78 is 67.0. The number of aryl methyl sites for hydroxylation is 2. The quantitative estimate of drug-likeness (QED) is 0.0171. The van der Waals surface area contributed by atoms with Crippen LogP contribution in [0, 0.1) is 42.0 Å². The number of allylic oxidation sites excluding steroid dienone is 6. The molecule has 3 aliphatic carbocycles. The number of halogens is 2. The number of carbonyl (C=O) groups is 14. The number of carbonyl (C=O) groups excluding carboxylic acids is 12. The minimum absolute atomic E-state index is 0.00217. The number of nitro groups is 3. The van der Waals surface area contributed by atoms with Gasteiger partial charge in [-0.3, -0.25) is 83.1 Å². The van der Waals surface area contributed by atoms with E-state index in [0.717, 1.165) is 43.4 Å². The number of aromatic carboxylic acids is 2. The number of methoxy groups -OCH3 is 1. The number of aliphatic hydroxyl groups excluding tert-OH is 1. The molecule has 10 aromatic rings. The van der Waals surface area contributed by atoms with E-state index >= 15 is 4.39 Å². The van der Waals surface area contributed by atoms with Gasteiger partial charge in [0.2, 0.25) is 34.0 Å². The van der Waals surface area contributed by atoms with Gasteiger partial charge in [-0.15, -0.1) is 0 Å². The third-order valence-electron chi connectivity index (χ3n) is 21.9. The fraction of sp³-hybridized carbons (Fsp3) is 0.236. The van der Waals surface area contributed by atoms with Crippen LogP contribution in [0.15, 0.2) is 154 Å². The summed E-state index contributed by atoms with van der Waals surface area (Å²) in [6.45, 7) is 9.98. The maximum Gasteiger partial charge on any atom is 0.519 e. The molecule has 0 saturated carbocycles. The third-order valence-corrected chi connectivity index (χ3v) is 21.9. The van der Waals surface area contributed by atoms with Crippen LogP contribution in [-0.2, 0) is 68.3 Å². The molecule has 5 aromatic heterocycles. The molecule has 0 radical (unpaired) electrons. The lowest BCUT2D eigenvalue weighted by molar-refractivity contribution is -0.385. The lowest BCUT2D eigenvalue weighted by Crippen LogP contribution is -2.49. The van der Waals surface area contributed by atoms with E-state index in [-0.39, 0.29) is 180 Å². The van der Waals surface area contributed by atoms with Crippen LogP contribution in [0.1, 0.15) is 159 Å². The van der Waals surface area contributed by atoms with E-state index in [4.69, 9.17) is 33.5 Å². The summed E-state index contributed by atoms with van der Waals surface area (Å²) in [5, 5.41) is 62.6. The highest BCUT2D eigenvalue weighted by atomic mass is 19.1. The van der Waals surface area contributed by atoms with Crippen molar-refractivity contribution in [2.75, 3.05) is 69.3 Å². The number of aromatic nitrogens is 5. The van der Waals surface area contributed by atoms with Crippen molar-refractivity contribution < 1.29 is 134 Å². The predicted octanol–water partition coefficient (Wildman–Crippen LogP) is 10.2. The first-order chi connectivity index (χ1) is 63.8. The van der Waals surface area contributed by atoms with Crippen molar-refractivity contribution in [1.82, 2.24) is 33.1 Å². The van der Waals surface area contributed by atoms with Gasteiger partial charge >= 0.3 is 30.3 Å². The molecule has 2 saturated heterocycles. The van der Waals surface area contributed by atoms with Gasteiger partial charge in [-0.1, -0.05) is 0 Å². The topological polar surface area (TPSA) is 565 Å². The number of carboxylic acids is 2. The van der Waals surface area contributed by atoms with Gasteiger partial charge in [0.05, 0.1) is 95.8 Å². The van der Waals surface area contributed by atoms with Gasteiger partial charge in [-0.2, -0.15) is 0 Å². The second kappa shape index (κ2) is 41.4. The van der Waals surface area contributed by atoms with E-state index in [1.54, 1.807) is 34.1 Å². The number of Topliss-reactive ketones (excluding diaryl/α,β-unsaturated/α-hetero) is 3. The normalized spacial score (nSPS) is 13.6. The van der Waals surface area contributed by atoms with Crippen molar-refractivity contribution in [2.45, 2.75) is 60.6 Å². The van der Waals surface area contributed by atoms with Crippen LogP contribution >= 0.6 is 0 Å². The second-order valence-electron chi connectivity index (χ2n) is 29.6. The molecule has 5 aromatic carbocycles. The molecule has 0 atom stereocenters. The lowest BCUT2D eigenvalue weighted by Gasteiger charge is -2.35. The number of hydrogen-bond acceptors (Lipinski definition) is 32. The molecule has 0 bridgehead atoms. The average molecular weight is 1850 g/mol. The summed E-state index contributed by atoms with van der Waals surface area (Å²) >= 11 is 0. The van der Waals surface area contributed by atoms with Gasteiger partial charge in [-0.05, 0) is 101 Å². The van der Waals surface area contributed by atoms with Crippen LogP contribution in [0.5, 0.6) is 17.2 Å². The number of benzene rings is 5. The van der Waals surface area contributed by atoms with Crippen molar-refractivity contribution in [3.63, 3.8) is 0 Å². The average Bonchev–Trinajstić information content (AvgIpc) is 1.54. The molecule has 0 spiro atoms. The number of aliphatic hydroxyl groups is 1. The number of nitrogens with zero attached hydrogens (tertiary/aromatic N) is 11. The fourth-order valence-corrected chi connectivity index (χ4v) is 15.1. The third kappa shape index (κ3) is 20.3. The first-order valence-corrected chi connectivity index (χ1v) is 40.1. The number of pyridine rings is 2. The Morgan fingerprint density at radius 3 is 1.19 bits per heavy atom. The van der Waals surface area contributed by atoms with E-state index in [1.165, 1.54) is 145 Å². The van der Waals surface area contributed by atoms with E-state index in [2.05, 4.69) is 5.32 Å². The molecule has 7 heterocycles. The molecular formula is C89H78F2N12O31. The second-order valence-corrected chi connectivity index (χ2v) is 29.6. The molecule has 1 amide bonds. The van der Waals surface area contributed by atoms with Crippen molar-refractivity contribution in [3.05, 3.63) is 286 Å². The summed E-state index contributed by atoms with van der Waals surface area (Å²) in [7, 11) is 5.76. The number of hydrogen-bond donors (Lipinski definition) is 4. The van der Waals surface area contributed by atoms with Gasteiger partial charge in [0.15, 0.2) is 36.2 Å². The molecule has 4 N–H and O–H groups in total. The highest BCUT2D eigenvalue weighted by Crippen LogP contribution is 2.35. The minimum atomic E-state index is -1.39. The standard InChI is InChI=1S/C29H27FN4O9.C19H14N2O8.C16H18FN3O3.C13H8N2O7.C12H11NO4/c1-4-32-12-16(28(39)40)26(37)15-9-18(30)20(10-19(15)32)33-5-7-34(8-6-33)29(41)43-14-21-17(13-35)24-25(31(21)2)22(36)11-23(42-3)27(24)38;1-10-7-15(23)17-16(18(10)24)13(8-22)14(20(17)2)9-28-19(25)29-12-5-3-11(4-6-12)21(26)27;1-2-19-9-11(16(22)23)15(21)10-7-12(17)14(8-13(10)19)20-5-3-18-4-6-20;16-13(21-11-5-1-9(2-6-11)14(17)18)22-12-7-3-10(4-8-12)15(19)20;1-6-3-9(16)11-10(12(6)17)7(4-14)8(5-15)13(11)2/h9-13H,4-8,14H2,1-3H3,(H,39,40);3-8H,9H2,1-2H3;7-9,18H,2-6H2,1H3,(H,22,23);1-8H;3-4,15H,5H2,1-2H3. The van der Waals surface area contributed by atoms with Crippen molar-refractivity contribution in [2.24, 2.45) is 21.1 Å². The van der Waals surface area contributed by atoms with Gasteiger partial charge in [0, 0.05) is 169 Å². The van der Waals surface area contributed by atoms with E-state index in [1.807, 2.05) is 11.8 Å². The van der Waals surface area contributed by atoms with Crippen LogP contribution in [0.25, 0.3) is 21.8 Å². The number of non-ortho nitro benzene ring substituents is 3. The number of nitro benzene ring substituents is 3. The number of ketones is 6. The van der Waals surface area contributed by atoms with Crippen LogP contribution < -0.4 is 40.2 Å². The number of nitrogens with one attached hydrogen (secondary N) is 1. The Labute approximate surface area is 752 Å². The summed E-state index contributed by atoms with van der Waals surface area (Å²) in [5.74, 6) is -6.61. The number of piperazine rings is 2. The molecule has 5 aliphatic rings. The highest BCUT2D eigenvalue weighted by molar-refractivity contribution is 6.28. The molecule has 2 aliphatic heterocycles. The molecular weight excluding hydrogens is 1770 g/mol. The molecule has 45 heteroatoms. The maximum atomic E-state index is 15.2. The predicted molar refractivity (Wildman–Crippen MR) is 464 cm³/mol. The Kier molecular flexibility index (Phi) is 30.1. The Hall–Kier alpha value is -17.3. The van der Waals surface area contributed by atoms with Crippen molar-refractivity contribution >= 4 is 134 Å². The Balaban J connectivity index is 0.000000168. The molecule has 43 nitrogen and oxygen atoms in total.